The zero-order chi connectivity index (χ0) is 13.2. The van der Waals surface area contributed by atoms with Gasteiger partial charge in [-0.3, -0.25) is 0 Å². The van der Waals surface area contributed by atoms with E-state index in [0.29, 0.717) is 13.0 Å². The summed E-state index contributed by atoms with van der Waals surface area (Å²) in [6.45, 7) is 4.98. The van der Waals surface area contributed by atoms with Crippen molar-refractivity contribution in [2.45, 2.75) is 26.2 Å². The van der Waals surface area contributed by atoms with Crippen molar-refractivity contribution in [1.82, 2.24) is 4.90 Å². The van der Waals surface area contributed by atoms with E-state index in [-0.39, 0.29) is 0 Å². The summed E-state index contributed by atoms with van der Waals surface area (Å²) >= 11 is 0. The van der Waals surface area contributed by atoms with Crippen LogP contribution >= 0.6 is 0 Å². The summed E-state index contributed by atoms with van der Waals surface area (Å²) in [5, 5.41) is 8.58. The molecular weight excluding hydrogens is 224 g/mol. The molecule has 0 aliphatic carbocycles. The third-order valence-electron chi connectivity index (χ3n) is 2.84. The van der Waals surface area contributed by atoms with Gasteiger partial charge in [-0.2, -0.15) is 5.26 Å². The number of likely N-dealkylation sites (N-methyl/N-ethyl adjacent to an activating group) is 1. The molecule has 3 nitrogen and oxygen atoms in total. The van der Waals surface area contributed by atoms with Crippen molar-refractivity contribution in [2.75, 3.05) is 26.7 Å². The number of rotatable bonds is 8. The SMILES string of the molecule is CCCCN(C)CCOc1ccc(CC#N)cc1. The first kappa shape index (κ1) is 14.5. The zero-order valence-electron chi connectivity index (χ0n) is 11.4. The van der Waals surface area contributed by atoms with E-state index < -0.39 is 0 Å². The first-order valence-corrected chi connectivity index (χ1v) is 6.53. The fourth-order valence-corrected chi connectivity index (χ4v) is 1.65. The van der Waals surface area contributed by atoms with Gasteiger partial charge in [-0.1, -0.05) is 25.5 Å². The number of unbranched alkanes of at least 4 members (excludes halogenated alkanes) is 1. The first-order valence-electron chi connectivity index (χ1n) is 6.53. The van der Waals surface area contributed by atoms with Crippen LogP contribution in [0.25, 0.3) is 0 Å². The monoisotopic (exact) mass is 246 g/mol. The van der Waals surface area contributed by atoms with Gasteiger partial charge in [0.05, 0.1) is 12.5 Å². The van der Waals surface area contributed by atoms with Crippen LogP contribution in [0.1, 0.15) is 25.3 Å². The van der Waals surface area contributed by atoms with Crippen LogP contribution in [-0.2, 0) is 6.42 Å². The molecule has 0 aliphatic heterocycles. The Kier molecular flexibility index (Phi) is 6.90. The number of ether oxygens (including phenoxy) is 1. The number of hydrogen-bond acceptors (Lipinski definition) is 3. The highest BCUT2D eigenvalue weighted by Crippen LogP contribution is 2.12. The third-order valence-corrected chi connectivity index (χ3v) is 2.84. The maximum absolute atomic E-state index is 8.58. The number of nitrogens with zero attached hydrogens (tertiary/aromatic N) is 2. The normalized spacial score (nSPS) is 10.3. The quantitative estimate of drug-likeness (QED) is 0.707. The molecule has 1 rings (SSSR count). The Morgan fingerprint density at radius 3 is 2.56 bits per heavy atom. The molecule has 0 bridgehead atoms. The van der Waals surface area contributed by atoms with Crippen LogP contribution in [0.5, 0.6) is 5.75 Å². The standard InChI is InChI=1S/C15H22N2O/c1-3-4-11-17(2)12-13-18-15-7-5-14(6-8-15)9-10-16/h5-8H,3-4,9,11-13H2,1-2H3. The number of benzene rings is 1. The van der Waals surface area contributed by atoms with Gasteiger partial charge in [0.25, 0.3) is 0 Å². The van der Waals surface area contributed by atoms with Gasteiger partial charge in [0, 0.05) is 6.54 Å². The minimum Gasteiger partial charge on any atom is -0.492 e. The summed E-state index contributed by atoms with van der Waals surface area (Å²) in [4.78, 5) is 2.29. The van der Waals surface area contributed by atoms with Crippen molar-refractivity contribution < 1.29 is 4.74 Å². The van der Waals surface area contributed by atoms with Crippen LogP contribution in [0.4, 0.5) is 0 Å². The fraction of sp³-hybridized carbons (Fsp3) is 0.533. The second kappa shape index (κ2) is 8.54. The number of hydrogen-bond donors (Lipinski definition) is 0. The minimum atomic E-state index is 0.458. The minimum absolute atomic E-state index is 0.458. The Hall–Kier alpha value is -1.53. The second-order valence-electron chi connectivity index (χ2n) is 4.48. The summed E-state index contributed by atoms with van der Waals surface area (Å²) in [6, 6.07) is 9.88. The molecule has 0 aromatic heterocycles. The van der Waals surface area contributed by atoms with Crippen LogP contribution in [0.2, 0.25) is 0 Å². The summed E-state index contributed by atoms with van der Waals surface area (Å²) in [5.74, 6) is 0.876. The molecule has 0 unspecified atom stereocenters. The molecular formula is C15H22N2O. The Morgan fingerprint density at radius 1 is 1.22 bits per heavy atom. The van der Waals surface area contributed by atoms with E-state index in [1.165, 1.54) is 12.8 Å². The summed E-state index contributed by atoms with van der Waals surface area (Å²) in [6.07, 6.45) is 2.92. The molecule has 0 N–H and O–H groups in total. The van der Waals surface area contributed by atoms with E-state index in [9.17, 15) is 0 Å². The van der Waals surface area contributed by atoms with Crippen molar-refractivity contribution >= 4 is 0 Å². The van der Waals surface area contributed by atoms with Gasteiger partial charge < -0.3 is 9.64 Å². The predicted molar refractivity (Wildman–Crippen MR) is 73.7 cm³/mol. The van der Waals surface area contributed by atoms with E-state index in [4.69, 9.17) is 10.00 Å². The van der Waals surface area contributed by atoms with E-state index >= 15 is 0 Å². The Morgan fingerprint density at radius 2 is 1.94 bits per heavy atom. The molecule has 0 fully saturated rings. The molecule has 98 valence electrons. The predicted octanol–water partition coefficient (Wildman–Crippen LogP) is 2.86. The summed E-state index contributed by atoms with van der Waals surface area (Å²) in [5.41, 5.74) is 1.03. The molecule has 0 saturated carbocycles. The lowest BCUT2D eigenvalue weighted by molar-refractivity contribution is 0.235. The van der Waals surface area contributed by atoms with E-state index in [1.54, 1.807) is 0 Å². The van der Waals surface area contributed by atoms with E-state index in [1.807, 2.05) is 24.3 Å². The van der Waals surface area contributed by atoms with Gasteiger partial charge in [-0.25, -0.2) is 0 Å². The number of nitriles is 1. The van der Waals surface area contributed by atoms with E-state index in [0.717, 1.165) is 24.4 Å². The lowest BCUT2D eigenvalue weighted by Gasteiger charge is -2.16. The molecule has 18 heavy (non-hydrogen) atoms. The summed E-state index contributed by atoms with van der Waals surface area (Å²) < 4.78 is 5.67. The molecule has 0 heterocycles. The van der Waals surface area contributed by atoms with Gasteiger partial charge in [0.15, 0.2) is 0 Å². The van der Waals surface area contributed by atoms with Crippen LogP contribution in [0, 0.1) is 11.3 Å². The van der Waals surface area contributed by atoms with Crippen LogP contribution < -0.4 is 4.74 Å². The van der Waals surface area contributed by atoms with Crippen molar-refractivity contribution in [1.29, 1.82) is 5.26 Å². The molecule has 0 saturated heterocycles. The van der Waals surface area contributed by atoms with Gasteiger partial charge in [0.2, 0.25) is 0 Å². The fourth-order valence-electron chi connectivity index (χ4n) is 1.65. The third kappa shape index (κ3) is 5.70. The first-order chi connectivity index (χ1) is 8.76. The van der Waals surface area contributed by atoms with Gasteiger partial charge in [0.1, 0.15) is 12.4 Å². The molecule has 3 heteroatoms. The highest BCUT2D eigenvalue weighted by Gasteiger charge is 1.99. The lowest BCUT2D eigenvalue weighted by atomic mass is 10.2. The Labute approximate surface area is 110 Å². The molecule has 1 aromatic carbocycles. The molecule has 0 radical (unpaired) electrons. The molecule has 1 aromatic rings. The Bertz CT molecular complexity index is 367. The topological polar surface area (TPSA) is 36.3 Å². The van der Waals surface area contributed by atoms with E-state index in [2.05, 4.69) is 24.9 Å². The summed E-state index contributed by atoms with van der Waals surface area (Å²) in [7, 11) is 2.12. The molecule has 0 amide bonds. The van der Waals surface area contributed by atoms with Gasteiger partial charge in [-0.15, -0.1) is 0 Å². The van der Waals surface area contributed by atoms with Crippen LogP contribution in [0.15, 0.2) is 24.3 Å². The average molecular weight is 246 g/mol. The van der Waals surface area contributed by atoms with Gasteiger partial charge in [-0.05, 0) is 37.7 Å². The average Bonchev–Trinajstić information content (AvgIpc) is 2.39. The smallest absolute Gasteiger partial charge is 0.119 e. The maximum Gasteiger partial charge on any atom is 0.119 e. The van der Waals surface area contributed by atoms with Crippen molar-refractivity contribution in [3.63, 3.8) is 0 Å². The molecule has 0 spiro atoms. The largest absolute Gasteiger partial charge is 0.492 e. The molecule has 0 aliphatic rings. The zero-order valence-corrected chi connectivity index (χ0v) is 11.4. The lowest BCUT2D eigenvalue weighted by Crippen LogP contribution is -2.25. The second-order valence-corrected chi connectivity index (χ2v) is 4.48. The highest BCUT2D eigenvalue weighted by atomic mass is 16.5. The molecule has 0 atom stereocenters. The van der Waals surface area contributed by atoms with Crippen molar-refractivity contribution in [2.24, 2.45) is 0 Å². The van der Waals surface area contributed by atoms with Crippen molar-refractivity contribution in [3.05, 3.63) is 29.8 Å². The maximum atomic E-state index is 8.58. The Balaban J connectivity index is 2.25. The highest BCUT2D eigenvalue weighted by molar-refractivity contribution is 5.28. The van der Waals surface area contributed by atoms with Crippen LogP contribution in [-0.4, -0.2) is 31.6 Å². The van der Waals surface area contributed by atoms with Crippen molar-refractivity contribution in [3.8, 4) is 11.8 Å². The van der Waals surface area contributed by atoms with Crippen LogP contribution in [0.3, 0.4) is 0 Å². The van der Waals surface area contributed by atoms with Gasteiger partial charge >= 0.3 is 0 Å².